The molecule has 0 bridgehead atoms. The molecule has 13 heavy (non-hydrogen) atoms. The Hall–Kier alpha value is 1.41. The molecule has 0 saturated heterocycles. The first-order valence-corrected chi connectivity index (χ1v) is 7.38. The largest absolute Gasteiger partial charge is 0.0625 e. The molecular weight excluding hydrogens is 501 g/mol. The lowest BCUT2D eigenvalue weighted by molar-refractivity contribution is 0.643. The quantitative estimate of drug-likeness (QED) is 0.399. The zero-order chi connectivity index (χ0) is 10.0. The second-order valence-electron chi connectivity index (χ2n) is 3.42. The molecule has 0 saturated carbocycles. The van der Waals surface area contributed by atoms with Crippen LogP contribution >= 0.6 is 67.8 Å². The van der Waals surface area contributed by atoms with Gasteiger partial charge in [0.1, 0.15) is 0 Å². The van der Waals surface area contributed by atoms with Crippen LogP contribution < -0.4 is 0 Å². The SMILES string of the molecule is CC(C)Cc1c(I)ccc(I)c1I. The first-order chi connectivity index (χ1) is 6.02. The molecule has 1 rings (SSSR count). The Morgan fingerprint density at radius 3 is 2.15 bits per heavy atom. The zero-order valence-electron chi connectivity index (χ0n) is 7.57. The number of hydrogen-bond acceptors (Lipinski definition) is 0. The van der Waals surface area contributed by atoms with E-state index in [4.69, 9.17) is 0 Å². The minimum atomic E-state index is 0.736. The highest BCUT2D eigenvalue weighted by molar-refractivity contribution is 14.1. The average molecular weight is 512 g/mol. The highest BCUT2D eigenvalue weighted by Crippen LogP contribution is 2.26. The number of rotatable bonds is 2. The zero-order valence-corrected chi connectivity index (χ0v) is 14.0. The van der Waals surface area contributed by atoms with Gasteiger partial charge in [0.05, 0.1) is 0 Å². The molecule has 0 fully saturated rings. The van der Waals surface area contributed by atoms with E-state index in [-0.39, 0.29) is 0 Å². The van der Waals surface area contributed by atoms with Crippen LogP contribution in [0, 0.1) is 16.6 Å². The second kappa shape index (κ2) is 5.48. The van der Waals surface area contributed by atoms with E-state index in [9.17, 15) is 0 Å². The Balaban J connectivity index is 3.10. The van der Waals surface area contributed by atoms with Crippen molar-refractivity contribution in [3.05, 3.63) is 28.4 Å². The molecule has 0 radical (unpaired) electrons. The Morgan fingerprint density at radius 2 is 1.62 bits per heavy atom. The topological polar surface area (TPSA) is 0 Å². The van der Waals surface area contributed by atoms with Crippen molar-refractivity contribution in [3.8, 4) is 0 Å². The summed E-state index contributed by atoms with van der Waals surface area (Å²) in [6.45, 7) is 4.54. The van der Waals surface area contributed by atoms with Crippen LogP contribution in [0.5, 0.6) is 0 Å². The first kappa shape index (κ1) is 12.5. The number of benzene rings is 1. The van der Waals surface area contributed by atoms with Crippen LogP contribution in [0.2, 0.25) is 0 Å². The van der Waals surface area contributed by atoms with E-state index in [1.807, 2.05) is 0 Å². The molecule has 0 N–H and O–H groups in total. The van der Waals surface area contributed by atoms with Gasteiger partial charge in [-0.1, -0.05) is 13.8 Å². The lowest BCUT2D eigenvalue weighted by Crippen LogP contribution is -2.01. The van der Waals surface area contributed by atoms with Crippen LogP contribution in [-0.2, 0) is 6.42 Å². The molecule has 0 spiro atoms. The lowest BCUT2D eigenvalue weighted by Gasteiger charge is -2.11. The van der Waals surface area contributed by atoms with E-state index in [2.05, 4.69) is 93.8 Å². The summed E-state index contributed by atoms with van der Waals surface area (Å²) in [5.74, 6) is 0.736. The summed E-state index contributed by atoms with van der Waals surface area (Å²) in [6, 6.07) is 4.40. The third kappa shape index (κ3) is 3.48. The number of hydrogen-bond donors (Lipinski definition) is 0. The van der Waals surface area contributed by atoms with Gasteiger partial charge in [-0.2, -0.15) is 0 Å². The van der Waals surface area contributed by atoms with Gasteiger partial charge >= 0.3 is 0 Å². The van der Waals surface area contributed by atoms with Crippen molar-refractivity contribution in [1.29, 1.82) is 0 Å². The third-order valence-corrected chi connectivity index (χ3v) is 5.93. The summed E-state index contributed by atoms with van der Waals surface area (Å²) in [5.41, 5.74) is 1.52. The van der Waals surface area contributed by atoms with Gasteiger partial charge in [0.15, 0.2) is 0 Å². The van der Waals surface area contributed by atoms with Gasteiger partial charge in [0.25, 0.3) is 0 Å². The van der Waals surface area contributed by atoms with Crippen molar-refractivity contribution >= 4 is 67.8 Å². The molecule has 0 heterocycles. The number of halogens is 3. The van der Waals surface area contributed by atoms with Gasteiger partial charge in [-0.05, 0) is 97.8 Å². The molecule has 1 aromatic rings. The molecule has 0 aliphatic carbocycles. The van der Waals surface area contributed by atoms with E-state index in [0.29, 0.717) is 0 Å². The lowest BCUT2D eigenvalue weighted by atomic mass is 10.0. The summed E-state index contributed by atoms with van der Waals surface area (Å²) < 4.78 is 4.20. The van der Waals surface area contributed by atoms with Crippen molar-refractivity contribution in [2.24, 2.45) is 5.92 Å². The van der Waals surface area contributed by atoms with Gasteiger partial charge in [0.2, 0.25) is 0 Å². The molecule has 3 heteroatoms. The summed E-state index contributed by atoms with van der Waals surface area (Å²) >= 11 is 7.28. The minimum Gasteiger partial charge on any atom is -0.0625 e. The first-order valence-electron chi connectivity index (χ1n) is 4.14. The van der Waals surface area contributed by atoms with Gasteiger partial charge in [-0.25, -0.2) is 0 Å². The summed E-state index contributed by atoms with van der Waals surface area (Å²) in [5, 5.41) is 0. The molecule has 0 aromatic heterocycles. The molecule has 0 unspecified atom stereocenters. The molecule has 0 aliphatic rings. The predicted molar refractivity (Wildman–Crippen MR) is 83.1 cm³/mol. The van der Waals surface area contributed by atoms with Crippen molar-refractivity contribution in [2.75, 3.05) is 0 Å². The Kier molecular flexibility index (Phi) is 5.26. The fourth-order valence-corrected chi connectivity index (χ4v) is 3.55. The summed E-state index contributed by atoms with van der Waals surface area (Å²) in [4.78, 5) is 0. The van der Waals surface area contributed by atoms with Crippen molar-refractivity contribution in [3.63, 3.8) is 0 Å². The van der Waals surface area contributed by atoms with E-state index in [0.717, 1.165) is 5.92 Å². The van der Waals surface area contributed by atoms with Crippen LogP contribution in [0.25, 0.3) is 0 Å². The van der Waals surface area contributed by atoms with Crippen LogP contribution in [0.3, 0.4) is 0 Å². The monoisotopic (exact) mass is 512 g/mol. The Morgan fingerprint density at radius 1 is 1.08 bits per heavy atom. The van der Waals surface area contributed by atoms with Crippen molar-refractivity contribution in [2.45, 2.75) is 20.3 Å². The smallest absolute Gasteiger partial charge is 0.0306 e. The van der Waals surface area contributed by atoms with Crippen LogP contribution in [0.4, 0.5) is 0 Å². The van der Waals surface area contributed by atoms with Crippen LogP contribution in [0.15, 0.2) is 12.1 Å². The maximum absolute atomic E-state index is 2.45. The van der Waals surface area contributed by atoms with E-state index < -0.39 is 0 Å². The highest BCUT2D eigenvalue weighted by atomic mass is 127. The summed E-state index contributed by atoms with van der Waals surface area (Å²) in [7, 11) is 0. The normalized spacial score (nSPS) is 10.9. The van der Waals surface area contributed by atoms with Crippen LogP contribution in [-0.4, -0.2) is 0 Å². The molecule has 0 amide bonds. The van der Waals surface area contributed by atoms with E-state index in [1.54, 1.807) is 0 Å². The predicted octanol–water partition coefficient (Wildman–Crippen LogP) is 4.70. The summed E-state index contributed by atoms with van der Waals surface area (Å²) in [6.07, 6.45) is 1.19. The van der Waals surface area contributed by atoms with Gasteiger partial charge in [-0.3, -0.25) is 0 Å². The molecular formula is C10H11I3. The highest BCUT2D eigenvalue weighted by Gasteiger charge is 2.09. The Bertz CT molecular complexity index is 305. The molecule has 72 valence electrons. The van der Waals surface area contributed by atoms with Crippen molar-refractivity contribution in [1.82, 2.24) is 0 Å². The standard InChI is InChI=1S/C10H11I3/c1-6(2)5-7-8(11)3-4-9(12)10(7)13/h3-4,6H,5H2,1-2H3. The Labute approximate surface area is 121 Å². The maximum Gasteiger partial charge on any atom is 0.0306 e. The molecule has 0 atom stereocenters. The fourth-order valence-electron chi connectivity index (χ4n) is 1.16. The van der Waals surface area contributed by atoms with Crippen molar-refractivity contribution < 1.29 is 0 Å². The molecule has 1 aromatic carbocycles. The second-order valence-corrected chi connectivity index (χ2v) is 6.82. The minimum absolute atomic E-state index is 0.736. The fraction of sp³-hybridized carbons (Fsp3) is 0.400. The van der Waals surface area contributed by atoms with Crippen LogP contribution in [0.1, 0.15) is 19.4 Å². The molecule has 0 nitrogen and oxygen atoms in total. The maximum atomic E-state index is 2.45. The molecule has 0 aliphatic heterocycles. The van der Waals surface area contributed by atoms with E-state index in [1.165, 1.54) is 22.7 Å². The third-order valence-electron chi connectivity index (χ3n) is 1.75. The van der Waals surface area contributed by atoms with Gasteiger partial charge < -0.3 is 0 Å². The van der Waals surface area contributed by atoms with E-state index >= 15 is 0 Å². The van der Waals surface area contributed by atoms with Gasteiger partial charge in [-0.15, -0.1) is 0 Å². The van der Waals surface area contributed by atoms with Gasteiger partial charge in [0, 0.05) is 10.7 Å². The average Bonchev–Trinajstić information content (AvgIpc) is 2.05.